The number of sulfonamides is 1. The van der Waals surface area contributed by atoms with Crippen molar-refractivity contribution in [2.24, 2.45) is 0 Å². The van der Waals surface area contributed by atoms with Crippen LogP contribution in [0.25, 0.3) is 0 Å². The zero-order chi connectivity index (χ0) is 14.2. The van der Waals surface area contributed by atoms with Gasteiger partial charge in [0.1, 0.15) is 16.4 Å². The summed E-state index contributed by atoms with van der Waals surface area (Å²) < 4.78 is 32.5. The van der Waals surface area contributed by atoms with Gasteiger partial charge in [0, 0.05) is 18.2 Å². The molecular formula is C13H21NO4S. The molecule has 1 heterocycles. The highest BCUT2D eigenvalue weighted by Crippen LogP contribution is 2.36. The second-order valence-corrected chi connectivity index (χ2v) is 6.85. The molecule has 1 N–H and O–H groups in total. The summed E-state index contributed by atoms with van der Waals surface area (Å²) in [4.78, 5) is 0.160. The van der Waals surface area contributed by atoms with Crippen LogP contribution in [-0.4, -0.2) is 30.4 Å². The lowest BCUT2D eigenvalue weighted by Crippen LogP contribution is -2.34. The van der Waals surface area contributed by atoms with Crippen molar-refractivity contribution < 1.29 is 17.9 Å². The molecule has 108 valence electrons. The van der Waals surface area contributed by atoms with Crippen LogP contribution in [0.2, 0.25) is 0 Å². The van der Waals surface area contributed by atoms with Crippen LogP contribution in [0.5, 0.6) is 0 Å². The lowest BCUT2D eigenvalue weighted by atomic mass is 10.2. The Balaban J connectivity index is 2.48. The summed E-state index contributed by atoms with van der Waals surface area (Å²) in [5, 5.41) is 9.40. The molecule has 1 aliphatic carbocycles. The van der Waals surface area contributed by atoms with E-state index >= 15 is 0 Å². The van der Waals surface area contributed by atoms with Gasteiger partial charge in [-0.25, -0.2) is 8.42 Å². The van der Waals surface area contributed by atoms with E-state index in [0.717, 1.165) is 19.3 Å². The van der Waals surface area contributed by atoms with Crippen molar-refractivity contribution in [3.63, 3.8) is 0 Å². The summed E-state index contributed by atoms with van der Waals surface area (Å²) in [7, 11) is -3.57. The highest BCUT2D eigenvalue weighted by Gasteiger charge is 2.40. The third-order valence-electron chi connectivity index (χ3n) is 3.45. The fourth-order valence-corrected chi connectivity index (χ4v) is 4.61. The molecule has 0 amide bonds. The summed E-state index contributed by atoms with van der Waals surface area (Å²) in [5.74, 6) is 0.842. The van der Waals surface area contributed by atoms with Gasteiger partial charge in [-0.3, -0.25) is 0 Å². The number of nitrogens with zero attached hydrogens (tertiary/aromatic N) is 1. The molecule has 1 aromatic rings. The second kappa shape index (κ2) is 5.26. The van der Waals surface area contributed by atoms with E-state index in [1.807, 2.05) is 6.92 Å². The van der Waals surface area contributed by atoms with Crippen LogP contribution in [-0.2, 0) is 16.6 Å². The van der Waals surface area contributed by atoms with E-state index < -0.39 is 10.0 Å². The minimum Gasteiger partial charge on any atom is -0.465 e. The average Bonchev–Trinajstić information content (AvgIpc) is 3.11. The summed E-state index contributed by atoms with van der Waals surface area (Å²) >= 11 is 0. The minimum absolute atomic E-state index is 0.117. The Kier molecular flexibility index (Phi) is 4.03. The largest absolute Gasteiger partial charge is 0.465 e. The first-order valence-electron chi connectivity index (χ1n) is 6.65. The van der Waals surface area contributed by atoms with Gasteiger partial charge in [0.25, 0.3) is 0 Å². The Morgan fingerprint density at radius 3 is 2.42 bits per heavy atom. The number of hydrogen-bond acceptors (Lipinski definition) is 4. The van der Waals surface area contributed by atoms with Crippen LogP contribution in [0.4, 0.5) is 0 Å². The first kappa shape index (κ1) is 14.6. The van der Waals surface area contributed by atoms with Crippen LogP contribution in [0, 0.1) is 13.8 Å². The van der Waals surface area contributed by atoms with Gasteiger partial charge in [-0.1, -0.05) is 6.92 Å². The molecule has 1 aromatic heterocycles. The van der Waals surface area contributed by atoms with E-state index in [4.69, 9.17) is 4.42 Å². The molecule has 0 bridgehead atoms. The summed E-state index contributed by atoms with van der Waals surface area (Å²) in [5.41, 5.74) is 0.388. The smallest absolute Gasteiger partial charge is 0.247 e. The Morgan fingerprint density at radius 1 is 1.32 bits per heavy atom. The molecule has 0 aromatic carbocycles. The lowest BCUT2D eigenvalue weighted by molar-refractivity contribution is 0.276. The predicted molar refractivity (Wildman–Crippen MR) is 71.3 cm³/mol. The molecule has 0 radical (unpaired) electrons. The zero-order valence-electron chi connectivity index (χ0n) is 11.6. The highest BCUT2D eigenvalue weighted by molar-refractivity contribution is 7.89. The van der Waals surface area contributed by atoms with Gasteiger partial charge in [-0.05, 0) is 33.1 Å². The Hall–Kier alpha value is -0.850. The third kappa shape index (κ3) is 2.57. The standard InChI is InChI=1S/C13H21NO4S/c1-4-7-14(11-5-6-11)19(16,17)13-10(3)18-9(2)12(13)8-15/h11,15H,4-8H2,1-3H3. The Bertz CT molecular complexity index is 557. The van der Waals surface area contributed by atoms with Crippen molar-refractivity contribution >= 4 is 10.0 Å². The summed E-state index contributed by atoms with van der Waals surface area (Å²) in [6.07, 6.45) is 2.62. The average molecular weight is 287 g/mol. The van der Waals surface area contributed by atoms with Crippen molar-refractivity contribution in [3.05, 3.63) is 17.1 Å². The first-order valence-corrected chi connectivity index (χ1v) is 8.09. The zero-order valence-corrected chi connectivity index (χ0v) is 12.5. The van der Waals surface area contributed by atoms with Crippen LogP contribution in [0.15, 0.2) is 9.31 Å². The van der Waals surface area contributed by atoms with E-state index in [2.05, 4.69) is 0 Å². The number of aliphatic hydroxyl groups is 1. The number of aryl methyl sites for hydroxylation is 2. The number of aliphatic hydroxyl groups excluding tert-OH is 1. The topological polar surface area (TPSA) is 70.8 Å². The maximum Gasteiger partial charge on any atom is 0.247 e. The molecule has 0 saturated heterocycles. The number of rotatable bonds is 6. The van der Waals surface area contributed by atoms with Crippen LogP contribution < -0.4 is 0 Å². The van der Waals surface area contributed by atoms with Crippen molar-refractivity contribution in [2.45, 2.75) is 57.6 Å². The van der Waals surface area contributed by atoms with Crippen LogP contribution >= 0.6 is 0 Å². The maximum atomic E-state index is 12.8. The SMILES string of the molecule is CCCN(C1CC1)S(=O)(=O)c1c(C)oc(C)c1CO. The predicted octanol–water partition coefficient (Wildman–Crippen LogP) is 1.95. The lowest BCUT2D eigenvalue weighted by Gasteiger charge is -2.21. The minimum atomic E-state index is -3.57. The summed E-state index contributed by atoms with van der Waals surface area (Å²) in [6.45, 7) is 5.48. The van der Waals surface area contributed by atoms with Crippen molar-refractivity contribution in [1.29, 1.82) is 0 Å². The summed E-state index contributed by atoms with van der Waals surface area (Å²) in [6, 6.07) is 0.117. The van der Waals surface area contributed by atoms with Gasteiger partial charge < -0.3 is 9.52 Å². The second-order valence-electron chi connectivity index (χ2n) is 5.03. The van der Waals surface area contributed by atoms with Crippen LogP contribution in [0.1, 0.15) is 43.3 Å². The molecule has 0 spiro atoms. The molecule has 0 atom stereocenters. The van der Waals surface area contributed by atoms with Crippen molar-refractivity contribution in [1.82, 2.24) is 4.31 Å². The first-order chi connectivity index (χ1) is 8.93. The van der Waals surface area contributed by atoms with Crippen molar-refractivity contribution in [3.8, 4) is 0 Å². The number of hydrogen-bond donors (Lipinski definition) is 1. The molecule has 1 aliphatic rings. The van der Waals surface area contributed by atoms with Gasteiger partial charge in [-0.15, -0.1) is 0 Å². The Labute approximate surface area is 114 Å². The molecule has 19 heavy (non-hydrogen) atoms. The van der Waals surface area contributed by atoms with Crippen molar-refractivity contribution in [2.75, 3.05) is 6.54 Å². The van der Waals surface area contributed by atoms with Gasteiger partial charge in [0.15, 0.2) is 0 Å². The normalized spacial score (nSPS) is 16.3. The maximum absolute atomic E-state index is 12.8. The molecule has 1 saturated carbocycles. The molecule has 2 rings (SSSR count). The van der Waals surface area contributed by atoms with E-state index in [1.54, 1.807) is 18.2 Å². The molecule has 1 fully saturated rings. The molecule has 6 heteroatoms. The monoisotopic (exact) mass is 287 g/mol. The van der Waals surface area contributed by atoms with Gasteiger partial charge in [0.2, 0.25) is 10.0 Å². The Morgan fingerprint density at radius 2 is 1.95 bits per heavy atom. The number of furan rings is 1. The molecule has 0 aliphatic heterocycles. The van der Waals surface area contributed by atoms with E-state index in [-0.39, 0.29) is 17.5 Å². The molecule has 5 nitrogen and oxygen atoms in total. The fourth-order valence-electron chi connectivity index (χ4n) is 2.43. The highest BCUT2D eigenvalue weighted by atomic mass is 32.2. The van der Waals surface area contributed by atoms with Gasteiger partial charge in [-0.2, -0.15) is 4.31 Å². The third-order valence-corrected chi connectivity index (χ3v) is 5.60. The van der Waals surface area contributed by atoms with Gasteiger partial charge in [0.05, 0.1) is 6.61 Å². The van der Waals surface area contributed by atoms with E-state index in [0.29, 0.717) is 23.6 Å². The fraction of sp³-hybridized carbons (Fsp3) is 0.692. The van der Waals surface area contributed by atoms with E-state index in [9.17, 15) is 13.5 Å². The van der Waals surface area contributed by atoms with Crippen LogP contribution in [0.3, 0.4) is 0 Å². The van der Waals surface area contributed by atoms with Gasteiger partial charge >= 0.3 is 0 Å². The quantitative estimate of drug-likeness (QED) is 0.868. The van der Waals surface area contributed by atoms with E-state index in [1.165, 1.54) is 0 Å². The molecular weight excluding hydrogens is 266 g/mol. The molecule has 0 unspecified atom stereocenters.